The maximum atomic E-state index is 11.8. The van der Waals surface area contributed by atoms with Crippen LogP contribution >= 0.6 is 10.7 Å². The molecule has 0 spiro atoms. The van der Waals surface area contributed by atoms with Gasteiger partial charge in [-0.2, -0.15) is 0 Å². The van der Waals surface area contributed by atoms with Gasteiger partial charge in [0.1, 0.15) is 0 Å². The van der Waals surface area contributed by atoms with Crippen molar-refractivity contribution in [2.24, 2.45) is 5.92 Å². The van der Waals surface area contributed by atoms with E-state index in [0.717, 1.165) is 24.9 Å². The number of nitrogens with one attached hydrogen (secondary N) is 1. The largest absolute Gasteiger partial charge is 0.356 e. The Labute approximate surface area is 131 Å². The Balaban J connectivity index is 2.43. The van der Waals surface area contributed by atoms with E-state index < -0.39 is 9.05 Å². The minimum atomic E-state index is -3.68. The summed E-state index contributed by atoms with van der Waals surface area (Å²) in [6, 6.07) is 6.28. The first kappa shape index (κ1) is 18.0. The summed E-state index contributed by atoms with van der Waals surface area (Å²) >= 11 is 0. The summed E-state index contributed by atoms with van der Waals surface area (Å²) in [5.41, 5.74) is 0.914. The van der Waals surface area contributed by atoms with Crippen LogP contribution in [0.15, 0.2) is 29.2 Å². The molecule has 1 rings (SSSR count). The van der Waals surface area contributed by atoms with Gasteiger partial charge >= 0.3 is 0 Å². The summed E-state index contributed by atoms with van der Waals surface area (Å²) in [5.74, 6) is 0.554. The van der Waals surface area contributed by atoms with Gasteiger partial charge < -0.3 is 5.32 Å². The molecule has 0 atom stereocenters. The summed E-state index contributed by atoms with van der Waals surface area (Å²) in [7, 11) is 1.56. The molecule has 1 aromatic rings. The predicted molar refractivity (Wildman–Crippen MR) is 84.9 cm³/mol. The van der Waals surface area contributed by atoms with Gasteiger partial charge in [-0.05, 0) is 30.0 Å². The molecule has 0 aliphatic carbocycles. The van der Waals surface area contributed by atoms with Crippen molar-refractivity contribution in [2.75, 3.05) is 6.54 Å². The maximum Gasteiger partial charge on any atom is 0.261 e. The van der Waals surface area contributed by atoms with Crippen LogP contribution in [-0.4, -0.2) is 20.9 Å². The van der Waals surface area contributed by atoms with Crippen molar-refractivity contribution in [1.29, 1.82) is 0 Å². The molecule has 0 fully saturated rings. The summed E-state index contributed by atoms with van der Waals surface area (Å²) in [6.07, 6.45) is 3.10. The van der Waals surface area contributed by atoms with Gasteiger partial charge in [-0.3, -0.25) is 4.79 Å². The SMILES string of the molecule is CCC(CC)CNC(=O)CCc1ccc(S(=O)(=O)Cl)cc1. The van der Waals surface area contributed by atoms with Crippen LogP contribution in [-0.2, 0) is 20.3 Å². The smallest absolute Gasteiger partial charge is 0.261 e. The fourth-order valence-electron chi connectivity index (χ4n) is 2.00. The molecule has 0 bridgehead atoms. The molecule has 118 valence electrons. The summed E-state index contributed by atoms with van der Waals surface area (Å²) in [5, 5.41) is 2.93. The van der Waals surface area contributed by atoms with Crippen molar-refractivity contribution in [3.63, 3.8) is 0 Å². The molecule has 0 unspecified atom stereocenters. The van der Waals surface area contributed by atoms with Crippen LogP contribution in [0.4, 0.5) is 0 Å². The number of hydrogen-bond donors (Lipinski definition) is 1. The predicted octanol–water partition coefficient (Wildman–Crippen LogP) is 3.10. The molecule has 1 aromatic carbocycles. The quantitative estimate of drug-likeness (QED) is 0.744. The fraction of sp³-hybridized carbons (Fsp3) is 0.533. The van der Waals surface area contributed by atoms with E-state index in [9.17, 15) is 13.2 Å². The highest BCUT2D eigenvalue weighted by Gasteiger charge is 2.10. The Bertz CT molecular complexity index is 551. The van der Waals surface area contributed by atoms with Gasteiger partial charge in [-0.25, -0.2) is 8.42 Å². The Morgan fingerprint density at radius 3 is 2.24 bits per heavy atom. The Hall–Kier alpha value is -1.07. The molecule has 0 aromatic heterocycles. The third-order valence-corrected chi connectivity index (χ3v) is 4.96. The highest BCUT2D eigenvalue weighted by molar-refractivity contribution is 8.13. The van der Waals surface area contributed by atoms with Crippen molar-refractivity contribution >= 4 is 25.6 Å². The maximum absolute atomic E-state index is 11.8. The van der Waals surface area contributed by atoms with Gasteiger partial charge in [0.05, 0.1) is 4.90 Å². The number of aryl methyl sites for hydroxylation is 1. The van der Waals surface area contributed by atoms with Gasteiger partial charge in [-0.1, -0.05) is 38.8 Å². The van der Waals surface area contributed by atoms with Crippen LogP contribution in [0.5, 0.6) is 0 Å². The topological polar surface area (TPSA) is 63.2 Å². The molecular weight excluding hydrogens is 310 g/mol. The van der Waals surface area contributed by atoms with Gasteiger partial charge in [0.2, 0.25) is 5.91 Å². The summed E-state index contributed by atoms with van der Waals surface area (Å²) < 4.78 is 22.2. The summed E-state index contributed by atoms with van der Waals surface area (Å²) in [4.78, 5) is 11.8. The number of hydrogen-bond acceptors (Lipinski definition) is 3. The average molecular weight is 332 g/mol. The molecule has 6 heteroatoms. The molecule has 0 aliphatic heterocycles. The van der Waals surface area contributed by atoms with E-state index in [1.54, 1.807) is 12.1 Å². The monoisotopic (exact) mass is 331 g/mol. The van der Waals surface area contributed by atoms with Crippen molar-refractivity contribution in [3.05, 3.63) is 29.8 Å². The fourth-order valence-corrected chi connectivity index (χ4v) is 2.77. The molecule has 4 nitrogen and oxygen atoms in total. The zero-order valence-electron chi connectivity index (χ0n) is 12.4. The third-order valence-electron chi connectivity index (χ3n) is 3.59. The minimum absolute atomic E-state index is 0.0240. The highest BCUT2D eigenvalue weighted by Crippen LogP contribution is 2.16. The Morgan fingerprint density at radius 1 is 1.19 bits per heavy atom. The van der Waals surface area contributed by atoms with Crippen LogP contribution < -0.4 is 5.32 Å². The molecular formula is C15H22ClNO3S. The molecule has 0 radical (unpaired) electrons. The number of halogens is 1. The zero-order valence-corrected chi connectivity index (χ0v) is 14.0. The first-order valence-electron chi connectivity index (χ1n) is 7.17. The number of carbonyl (C=O) groups excluding carboxylic acids is 1. The van der Waals surface area contributed by atoms with Crippen molar-refractivity contribution < 1.29 is 13.2 Å². The van der Waals surface area contributed by atoms with Crippen LogP contribution in [0, 0.1) is 5.92 Å². The molecule has 0 saturated heterocycles. The van der Waals surface area contributed by atoms with Gasteiger partial charge in [0.25, 0.3) is 9.05 Å². The number of rotatable bonds is 8. The molecule has 1 amide bonds. The zero-order chi connectivity index (χ0) is 15.9. The lowest BCUT2D eigenvalue weighted by atomic mass is 10.0. The van der Waals surface area contributed by atoms with E-state index in [1.165, 1.54) is 12.1 Å². The first-order valence-corrected chi connectivity index (χ1v) is 9.48. The second kappa shape index (κ2) is 8.39. The van der Waals surface area contributed by atoms with E-state index in [1.807, 2.05) is 0 Å². The normalized spacial score (nSPS) is 11.6. The third kappa shape index (κ3) is 6.48. The van der Waals surface area contributed by atoms with Gasteiger partial charge in [0, 0.05) is 23.6 Å². The van der Waals surface area contributed by atoms with Gasteiger partial charge in [0.15, 0.2) is 0 Å². The second-order valence-corrected chi connectivity index (χ2v) is 7.63. The van der Waals surface area contributed by atoms with E-state index >= 15 is 0 Å². The Kier molecular flexibility index (Phi) is 7.18. The molecule has 1 N–H and O–H groups in total. The van der Waals surface area contributed by atoms with Gasteiger partial charge in [-0.15, -0.1) is 0 Å². The molecule has 0 heterocycles. The number of carbonyl (C=O) groups is 1. The van der Waals surface area contributed by atoms with E-state index in [-0.39, 0.29) is 10.8 Å². The lowest BCUT2D eigenvalue weighted by Gasteiger charge is -2.13. The Morgan fingerprint density at radius 2 is 1.76 bits per heavy atom. The van der Waals surface area contributed by atoms with Crippen molar-refractivity contribution in [1.82, 2.24) is 5.32 Å². The van der Waals surface area contributed by atoms with Crippen LogP contribution in [0.3, 0.4) is 0 Å². The standard InChI is InChI=1S/C15H22ClNO3S/c1-3-12(4-2)11-17-15(18)10-7-13-5-8-14(9-6-13)21(16,19)20/h5-6,8-9,12H,3-4,7,10-11H2,1-2H3,(H,17,18). The number of benzene rings is 1. The van der Waals surface area contributed by atoms with E-state index in [4.69, 9.17) is 10.7 Å². The second-order valence-electron chi connectivity index (χ2n) is 5.07. The van der Waals surface area contributed by atoms with Crippen molar-refractivity contribution in [3.8, 4) is 0 Å². The summed E-state index contributed by atoms with van der Waals surface area (Å²) in [6.45, 7) is 4.95. The van der Waals surface area contributed by atoms with E-state index in [2.05, 4.69) is 19.2 Å². The average Bonchev–Trinajstić information content (AvgIpc) is 2.45. The minimum Gasteiger partial charge on any atom is -0.356 e. The van der Waals surface area contributed by atoms with Crippen LogP contribution in [0.2, 0.25) is 0 Å². The van der Waals surface area contributed by atoms with Crippen molar-refractivity contribution in [2.45, 2.75) is 44.4 Å². The lowest BCUT2D eigenvalue weighted by molar-refractivity contribution is -0.121. The first-order chi connectivity index (χ1) is 9.86. The lowest BCUT2D eigenvalue weighted by Crippen LogP contribution is -2.29. The highest BCUT2D eigenvalue weighted by atomic mass is 35.7. The van der Waals surface area contributed by atoms with E-state index in [0.29, 0.717) is 18.8 Å². The molecule has 0 saturated carbocycles. The molecule has 21 heavy (non-hydrogen) atoms. The molecule has 0 aliphatic rings. The van der Waals surface area contributed by atoms with Crippen LogP contribution in [0.1, 0.15) is 38.7 Å². The van der Waals surface area contributed by atoms with Crippen LogP contribution in [0.25, 0.3) is 0 Å². The number of amides is 1.